The van der Waals surface area contributed by atoms with Gasteiger partial charge in [-0.3, -0.25) is 4.79 Å². The fraction of sp³-hybridized carbons (Fsp3) is 0.316. The molecule has 3 rings (SSSR count). The summed E-state index contributed by atoms with van der Waals surface area (Å²) >= 11 is 7.15. The Labute approximate surface area is 177 Å². The standard InChI is InChI=1S/C19H19ClF2N2O3S2/c20-15-6-4-13(10-18(15)29(26,27)24-8-2-1-3-9-24)23-19(25)12-28-14-5-7-16(21)17(22)11-14/h4-7,10-11H,1-3,8-9,12H2,(H,23,25). The van der Waals surface area contributed by atoms with Crippen molar-refractivity contribution in [3.05, 3.63) is 53.1 Å². The minimum absolute atomic E-state index is 0.0490. The van der Waals surface area contributed by atoms with E-state index in [1.165, 1.54) is 28.6 Å². The fourth-order valence-electron chi connectivity index (χ4n) is 2.94. The van der Waals surface area contributed by atoms with Crippen molar-refractivity contribution in [1.29, 1.82) is 0 Å². The van der Waals surface area contributed by atoms with Crippen molar-refractivity contribution in [3.63, 3.8) is 0 Å². The lowest BCUT2D eigenvalue weighted by molar-refractivity contribution is -0.113. The molecule has 0 unspecified atom stereocenters. The molecule has 0 aromatic heterocycles. The zero-order valence-electron chi connectivity index (χ0n) is 15.3. The van der Waals surface area contributed by atoms with Crippen molar-refractivity contribution in [2.45, 2.75) is 29.1 Å². The van der Waals surface area contributed by atoms with Crippen LogP contribution in [0.5, 0.6) is 0 Å². The Morgan fingerprint density at radius 1 is 1.07 bits per heavy atom. The summed E-state index contributed by atoms with van der Waals surface area (Å²) in [6.07, 6.45) is 2.59. The van der Waals surface area contributed by atoms with Crippen LogP contribution in [0.1, 0.15) is 19.3 Å². The molecule has 0 aliphatic carbocycles. The van der Waals surface area contributed by atoms with Crippen LogP contribution in [-0.4, -0.2) is 37.5 Å². The van der Waals surface area contributed by atoms with Crippen molar-refractivity contribution in [1.82, 2.24) is 4.31 Å². The summed E-state index contributed by atoms with van der Waals surface area (Å²) in [5.41, 5.74) is 0.292. The number of nitrogens with zero attached hydrogens (tertiary/aromatic N) is 1. The Hall–Kier alpha value is -1.68. The number of rotatable bonds is 6. The number of benzene rings is 2. The summed E-state index contributed by atoms with van der Waals surface area (Å²) in [5.74, 6) is -2.41. The average molecular weight is 461 g/mol. The van der Waals surface area contributed by atoms with E-state index in [1.807, 2.05) is 0 Å². The van der Waals surface area contributed by atoms with E-state index in [1.54, 1.807) is 0 Å². The number of thioether (sulfide) groups is 1. The lowest BCUT2D eigenvalue weighted by Crippen LogP contribution is -2.35. The number of carbonyl (C=O) groups is 1. The molecule has 1 aliphatic rings. The van der Waals surface area contributed by atoms with Gasteiger partial charge in [-0.05, 0) is 49.2 Å². The van der Waals surface area contributed by atoms with E-state index in [-0.39, 0.29) is 15.7 Å². The summed E-state index contributed by atoms with van der Waals surface area (Å²) < 4.78 is 53.3. The number of amides is 1. The van der Waals surface area contributed by atoms with E-state index in [2.05, 4.69) is 5.32 Å². The first-order valence-corrected chi connectivity index (χ1v) is 11.7. The number of piperidine rings is 1. The highest BCUT2D eigenvalue weighted by Crippen LogP contribution is 2.29. The molecule has 0 saturated carbocycles. The zero-order valence-corrected chi connectivity index (χ0v) is 17.7. The quantitative estimate of drug-likeness (QED) is 0.643. The third-order valence-corrected chi connectivity index (χ3v) is 7.78. The van der Waals surface area contributed by atoms with Crippen molar-refractivity contribution < 1.29 is 22.0 Å². The predicted molar refractivity (Wildman–Crippen MR) is 110 cm³/mol. The molecule has 0 bridgehead atoms. The molecule has 2 aromatic rings. The molecule has 1 amide bonds. The van der Waals surface area contributed by atoms with Gasteiger partial charge in [0.15, 0.2) is 11.6 Å². The van der Waals surface area contributed by atoms with Crippen molar-refractivity contribution >= 4 is 45.0 Å². The normalized spacial score (nSPS) is 15.3. The van der Waals surface area contributed by atoms with E-state index in [9.17, 15) is 22.0 Å². The summed E-state index contributed by atoms with van der Waals surface area (Å²) in [7, 11) is -3.75. The molecule has 0 atom stereocenters. The van der Waals surface area contributed by atoms with Gasteiger partial charge in [-0.1, -0.05) is 18.0 Å². The molecular weight excluding hydrogens is 442 g/mol. The molecule has 0 spiro atoms. The first-order valence-electron chi connectivity index (χ1n) is 8.95. The van der Waals surface area contributed by atoms with Gasteiger partial charge in [-0.15, -0.1) is 11.8 Å². The van der Waals surface area contributed by atoms with Gasteiger partial charge in [-0.25, -0.2) is 17.2 Å². The van der Waals surface area contributed by atoms with Crippen LogP contribution in [0, 0.1) is 11.6 Å². The minimum atomic E-state index is -3.75. The van der Waals surface area contributed by atoms with Crippen LogP contribution < -0.4 is 5.32 Å². The number of carbonyl (C=O) groups excluding carboxylic acids is 1. The molecule has 1 N–H and O–H groups in total. The Kier molecular flexibility index (Phi) is 7.15. The Bertz CT molecular complexity index is 1010. The van der Waals surface area contributed by atoms with Gasteiger partial charge in [0.2, 0.25) is 15.9 Å². The van der Waals surface area contributed by atoms with Gasteiger partial charge < -0.3 is 5.32 Å². The van der Waals surface area contributed by atoms with Crippen LogP contribution in [-0.2, 0) is 14.8 Å². The van der Waals surface area contributed by atoms with E-state index < -0.39 is 27.6 Å². The molecule has 1 fully saturated rings. The van der Waals surface area contributed by atoms with Gasteiger partial charge in [0.05, 0.1) is 10.8 Å². The second-order valence-corrected chi connectivity index (χ2v) is 9.89. The molecule has 1 heterocycles. The molecule has 1 aliphatic heterocycles. The second kappa shape index (κ2) is 9.42. The largest absolute Gasteiger partial charge is 0.325 e. The van der Waals surface area contributed by atoms with Crippen LogP contribution in [0.3, 0.4) is 0 Å². The maximum atomic E-state index is 13.2. The van der Waals surface area contributed by atoms with Crippen LogP contribution in [0.15, 0.2) is 46.2 Å². The van der Waals surface area contributed by atoms with Gasteiger partial charge in [0.1, 0.15) is 4.90 Å². The second-order valence-electron chi connectivity index (χ2n) is 6.52. The fourth-order valence-corrected chi connectivity index (χ4v) is 5.67. The molecule has 1 saturated heterocycles. The Morgan fingerprint density at radius 3 is 2.48 bits per heavy atom. The third kappa shape index (κ3) is 5.48. The number of hydrogen-bond donors (Lipinski definition) is 1. The smallest absolute Gasteiger partial charge is 0.244 e. The first kappa shape index (κ1) is 22.0. The van der Waals surface area contributed by atoms with Crippen LogP contribution in [0.25, 0.3) is 0 Å². The van der Waals surface area contributed by atoms with Crippen molar-refractivity contribution in [2.24, 2.45) is 0 Å². The maximum absolute atomic E-state index is 13.2. The average Bonchev–Trinajstić information content (AvgIpc) is 2.71. The van der Waals surface area contributed by atoms with Crippen molar-refractivity contribution in [3.8, 4) is 0 Å². The summed E-state index contributed by atoms with van der Waals surface area (Å²) in [5, 5.41) is 2.70. The summed E-state index contributed by atoms with van der Waals surface area (Å²) in [6.45, 7) is 0.889. The zero-order chi connectivity index (χ0) is 21.0. The predicted octanol–water partition coefficient (Wildman–Crippen LogP) is 4.52. The lowest BCUT2D eigenvalue weighted by atomic mass is 10.2. The van der Waals surface area contributed by atoms with E-state index in [0.29, 0.717) is 23.7 Å². The molecule has 5 nitrogen and oxygen atoms in total. The van der Waals surface area contributed by atoms with E-state index >= 15 is 0 Å². The number of sulfonamides is 1. The monoisotopic (exact) mass is 460 g/mol. The van der Waals surface area contributed by atoms with Crippen LogP contribution in [0.4, 0.5) is 14.5 Å². The minimum Gasteiger partial charge on any atom is -0.325 e. The highest BCUT2D eigenvalue weighted by Gasteiger charge is 2.28. The summed E-state index contributed by atoms with van der Waals surface area (Å²) in [6, 6.07) is 7.66. The van der Waals surface area contributed by atoms with E-state index in [4.69, 9.17) is 11.6 Å². The molecule has 2 aromatic carbocycles. The third-order valence-electron chi connectivity index (χ3n) is 4.41. The van der Waals surface area contributed by atoms with Gasteiger partial charge in [-0.2, -0.15) is 4.31 Å². The Balaban J connectivity index is 1.68. The van der Waals surface area contributed by atoms with Crippen LogP contribution >= 0.6 is 23.4 Å². The topological polar surface area (TPSA) is 66.5 Å². The maximum Gasteiger partial charge on any atom is 0.244 e. The molecule has 0 radical (unpaired) electrons. The molecule has 10 heteroatoms. The van der Waals surface area contributed by atoms with Crippen LogP contribution in [0.2, 0.25) is 5.02 Å². The molecule has 29 heavy (non-hydrogen) atoms. The number of hydrogen-bond acceptors (Lipinski definition) is 4. The number of nitrogens with one attached hydrogen (secondary N) is 1. The van der Waals surface area contributed by atoms with E-state index in [0.717, 1.165) is 43.2 Å². The van der Waals surface area contributed by atoms with Gasteiger partial charge in [0, 0.05) is 23.7 Å². The SMILES string of the molecule is O=C(CSc1ccc(F)c(F)c1)Nc1ccc(Cl)c(S(=O)(=O)N2CCCCC2)c1. The first-order chi connectivity index (χ1) is 13.8. The number of anilines is 1. The highest BCUT2D eigenvalue weighted by atomic mass is 35.5. The van der Waals surface area contributed by atoms with Gasteiger partial charge in [0.25, 0.3) is 0 Å². The Morgan fingerprint density at radius 2 is 1.79 bits per heavy atom. The highest BCUT2D eigenvalue weighted by molar-refractivity contribution is 8.00. The summed E-state index contributed by atoms with van der Waals surface area (Å²) in [4.78, 5) is 12.5. The molecule has 156 valence electrons. The van der Waals surface area contributed by atoms with Gasteiger partial charge >= 0.3 is 0 Å². The van der Waals surface area contributed by atoms with Crippen molar-refractivity contribution in [2.75, 3.05) is 24.2 Å². The molecular formula is C19H19ClF2N2O3S2. The number of halogens is 3. The lowest BCUT2D eigenvalue weighted by Gasteiger charge is -2.26.